The lowest BCUT2D eigenvalue weighted by Gasteiger charge is -2.46. The maximum absolute atomic E-state index is 13.2. The lowest BCUT2D eigenvalue weighted by Crippen LogP contribution is -2.47. The van der Waals surface area contributed by atoms with Crippen LogP contribution in [0.15, 0.2) is 36.5 Å². The van der Waals surface area contributed by atoms with Crippen molar-refractivity contribution in [2.75, 3.05) is 58.4 Å². The number of hydrogen-bond donors (Lipinski definition) is 1. The molecule has 0 radical (unpaired) electrons. The minimum Gasteiger partial charge on any atom is -0.489 e. The predicted octanol–water partition coefficient (Wildman–Crippen LogP) is 7.57. The SMILES string of the molecule is COCCOc1cc2nn(C3CCN(CC4CCC5(CC4)CCN(C(=O)OC(C)(C)C)CC5)CC3)cc2cc1NC(=O)c1cccc(C(F)(F)F)n1. The number of nitrogens with zero attached hydrogens (tertiary/aromatic N) is 5. The van der Waals surface area contributed by atoms with Gasteiger partial charge in [-0.1, -0.05) is 6.07 Å². The van der Waals surface area contributed by atoms with Crippen molar-refractivity contribution in [3.05, 3.63) is 47.9 Å². The molecule has 3 fully saturated rings. The van der Waals surface area contributed by atoms with E-state index >= 15 is 0 Å². The molecule has 3 aromatic rings. The van der Waals surface area contributed by atoms with Gasteiger partial charge in [0.15, 0.2) is 0 Å². The predicted molar refractivity (Wildman–Crippen MR) is 190 cm³/mol. The molecule has 1 saturated carbocycles. The number of fused-ring (bicyclic) bond motifs is 1. The Balaban J connectivity index is 1.03. The summed E-state index contributed by atoms with van der Waals surface area (Å²) in [5.41, 5.74) is -0.602. The second-order valence-corrected chi connectivity index (χ2v) is 15.7. The monoisotopic (exact) mass is 728 g/mol. The highest BCUT2D eigenvalue weighted by Crippen LogP contribution is 2.47. The molecule has 1 aromatic carbocycles. The second-order valence-electron chi connectivity index (χ2n) is 15.7. The van der Waals surface area contributed by atoms with Crippen LogP contribution in [0.3, 0.4) is 0 Å². The average Bonchev–Trinajstić information content (AvgIpc) is 3.52. The number of carbonyl (C=O) groups excluding carboxylic acids is 2. The number of amides is 2. The van der Waals surface area contributed by atoms with Gasteiger partial charge in [0.2, 0.25) is 0 Å². The molecule has 284 valence electrons. The standard InChI is InChI=1S/C38H51F3N6O5/c1-36(2,3)52-35(49)46-18-14-37(15-19-46)12-8-26(9-13-37)24-45-16-10-28(11-17-45)47-25-27-22-31(32(23-30(27)44-47)51-21-20-50-4)43-34(48)29-6-5-7-33(42-29)38(39,40)41/h5-7,22-23,25-26,28H,8-21,24H2,1-4H3,(H,43,48). The number of methoxy groups -OCH3 is 1. The van der Waals surface area contributed by atoms with Gasteiger partial charge in [-0.25, -0.2) is 9.78 Å². The van der Waals surface area contributed by atoms with E-state index in [9.17, 15) is 22.8 Å². The van der Waals surface area contributed by atoms with E-state index in [0.717, 1.165) is 75.9 Å². The average molecular weight is 729 g/mol. The summed E-state index contributed by atoms with van der Waals surface area (Å²) in [4.78, 5) is 33.6. The van der Waals surface area contributed by atoms with Crippen LogP contribution in [0.25, 0.3) is 10.9 Å². The Morgan fingerprint density at radius 2 is 1.67 bits per heavy atom. The Kier molecular flexibility index (Phi) is 11.3. The van der Waals surface area contributed by atoms with Crippen LogP contribution in [-0.4, -0.2) is 95.2 Å². The fraction of sp³-hybridized carbons (Fsp3) is 0.632. The first kappa shape index (κ1) is 37.8. The third-order valence-corrected chi connectivity index (χ3v) is 10.8. The van der Waals surface area contributed by atoms with Crippen LogP contribution in [0.5, 0.6) is 5.75 Å². The van der Waals surface area contributed by atoms with Crippen molar-refractivity contribution >= 4 is 28.6 Å². The van der Waals surface area contributed by atoms with Gasteiger partial charge in [-0.15, -0.1) is 0 Å². The molecule has 0 bridgehead atoms. The van der Waals surface area contributed by atoms with E-state index in [0.29, 0.717) is 34.9 Å². The fourth-order valence-electron chi connectivity index (χ4n) is 7.81. The van der Waals surface area contributed by atoms with Crippen LogP contribution < -0.4 is 10.1 Å². The van der Waals surface area contributed by atoms with Crippen LogP contribution in [0.2, 0.25) is 0 Å². The van der Waals surface area contributed by atoms with E-state index < -0.39 is 23.4 Å². The van der Waals surface area contributed by atoms with E-state index in [2.05, 4.69) is 15.2 Å². The topological polar surface area (TPSA) is 111 Å². The molecule has 14 heteroatoms. The molecular weight excluding hydrogens is 677 g/mol. The maximum atomic E-state index is 13.2. The van der Waals surface area contributed by atoms with Gasteiger partial charge < -0.3 is 29.3 Å². The highest BCUT2D eigenvalue weighted by atomic mass is 19.4. The Hall–Kier alpha value is -3.91. The van der Waals surface area contributed by atoms with Crippen LogP contribution in [0, 0.1) is 11.3 Å². The lowest BCUT2D eigenvalue weighted by atomic mass is 9.65. The van der Waals surface area contributed by atoms with Gasteiger partial charge in [-0.3, -0.25) is 9.48 Å². The normalized spacial score (nSPS) is 19.2. The summed E-state index contributed by atoms with van der Waals surface area (Å²) in [7, 11) is 1.55. The highest BCUT2D eigenvalue weighted by molar-refractivity contribution is 6.05. The maximum Gasteiger partial charge on any atom is 0.433 e. The Morgan fingerprint density at radius 3 is 2.33 bits per heavy atom. The van der Waals surface area contributed by atoms with Crippen molar-refractivity contribution in [3.8, 4) is 5.75 Å². The zero-order chi connectivity index (χ0) is 37.1. The van der Waals surface area contributed by atoms with Crippen molar-refractivity contribution in [1.29, 1.82) is 0 Å². The number of carbonyl (C=O) groups is 2. The van der Waals surface area contributed by atoms with Crippen molar-refractivity contribution in [1.82, 2.24) is 24.6 Å². The number of alkyl halides is 3. The molecule has 52 heavy (non-hydrogen) atoms. The van der Waals surface area contributed by atoms with E-state index in [1.54, 1.807) is 19.2 Å². The third-order valence-electron chi connectivity index (χ3n) is 10.8. The molecule has 0 unspecified atom stereocenters. The van der Waals surface area contributed by atoms with Gasteiger partial charge >= 0.3 is 12.3 Å². The van der Waals surface area contributed by atoms with Gasteiger partial charge in [0.05, 0.1) is 23.9 Å². The summed E-state index contributed by atoms with van der Waals surface area (Å²) in [6.45, 7) is 10.9. The van der Waals surface area contributed by atoms with Crippen LogP contribution in [0.1, 0.15) is 94.4 Å². The molecule has 2 amide bonds. The largest absolute Gasteiger partial charge is 0.489 e. The molecule has 0 atom stereocenters. The molecule has 2 aliphatic heterocycles. The zero-order valence-electron chi connectivity index (χ0n) is 30.6. The quantitative estimate of drug-likeness (QED) is 0.225. The van der Waals surface area contributed by atoms with Crippen molar-refractivity contribution in [2.24, 2.45) is 11.3 Å². The van der Waals surface area contributed by atoms with Crippen LogP contribution in [-0.2, 0) is 15.7 Å². The molecule has 1 N–H and O–H groups in total. The van der Waals surface area contributed by atoms with E-state index in [1.807, 2.05) is 36.5 Å². The van der Waals surface area contributed by atoms with Gasteiger partial charge in [-0.05, 0) is 102 Å². The minimum absolute atomic E-state index is 0.192. The summed E-state index contributed by atoms with van der Waals surface area (Å²) >= 11 is 0. The minimum atomic E-state index is -4.67. The van der Waals surface area contributed by atoms with Crippen molar-refractivity contribution < 1.29 is 37.0 Å². The zero-order valence-corrected chi connectivity index (χ0v) is 30.6. The van der Waals surface area contributed by atoms with Gasteiger partial charge in [-0.2, -0.15) is 18.3 Å². The number of rotatable bonds is 9. The molecular formula is C38H51F3N6O5. The first-order valence-corrected chi connectivity index (χ1v) is 18.4. The summed E-state index contributed by atoms with van der Waals surface area (Å²) in [6, 6.07) is 6.92. The third kappa shape index (κ3) is 9.35. The number of pyridine rings is 1. The first-order chi connectivity index (χ1) is 24.7. The van der Waals surface area contributed by atoms with Crippen molar-refractivity contribution in [2.45, 2.75) is 90.0 Å². The molecule has 2 aromatic heterocycles. The first-order valence-electron chi connectivity index (χ1n) is 18.4. The number of halogens is 3. The van der Waals surface area contributed by atoms with Gasteiger partial charge in [0.25, 0.3) is 5.91 Å². The van der Waals surface area contributed by atoms with Gasteiger partial charge in [0, 0.05) is 57.5 Å². The molecule has 3 aliphatic rings. The summed E-state index contributed by atoms with van der Waals surface area (Å²) in [5.74, 6) is 0.251. The fourth-order valence-corrected chi connectivity index (χ4v) is 7.81. The van der Waals surface area contributed by atoms with E-state index in [1.165, 1.54) is 31.7 Å². The second kappa shape index (κ2) is 15.6. The summed E-state index contributed by atoms with van der Waals surface area (Å²) < 4.78 is 58.3. The summed E-state index contributed by atoms with van der Waals surface area (Å²) in [6.07, 6.45) is 6.07. The molecule has 1 spiro atoms. The van der Waals surface area contributed by atoms with E-state index in [4.69, 9.17) is 19.3 Å². The van der Waals surface area contributed by atoms with Gasteiger partial charge in [0.1, 0.15) is 29.3 Å². The number of aromatic nitrogens is 3. The molecule has 1 aliphatic carbocycles. The number of nitrogens with one attached hydrogen (secondary N) is 1. The van der Waals surface area contributed by atoms with Crippen LogP contribution in [0.4, 0.5) is 23.7 Å². The van der Waals surface area contributed by atoms with Crippen molar-refractivity contribution in [3.63, 3.8) is 0 Å². The number of piperidine rings is 2. The molecule has 6 rings (SSSR count). The number of hydrogen-bond acceptors (Lipinski definition) is 8. The smallest absolute Gasteiger partial charge is 0.433 e. The van der Waals surface area contributed by atoms with E-state index in [-0.39, 0.29) is 24.4 Å². The highest BCUT2D eigenvalue weighted by Gasteiger charge is 2.40. The number of likely N-dealkylation sites (tertiary alicyclic amines) is 2. The number of benzene rings is 1. The Bertz CT molecular complexity index is 1700. The Labute approximate surface area is 303 Å². The lowest BCUT2D eigenvalue weighted by molar-refractivity contribution is -0.141. The molecule has 11 nitrogen and oxygen atoms in total. The molecule has 4 heterocycles. The summed E-state index contributed by atoms with van der Waals surface area (Å²) in [5, 5.41) is 8.34. The molecule has 2 saturated heterocycles. The van der Waals surface area contributed by atoms with Crippen LogP contribution >= 0.6 is 0 Å². The number of ether oxygens (including phenoxy) is 3. The Morgan fingerprint density at radius 1 is 0.962 bits per heavy atom. The number of anilines is 1.